The molecule has 3 heterocycles. The number of para-hydroxylation sites is 1. The standard InChI is InChI=1S/C31H39N3O8/c1-4-11-34(42-13-5-2)28(36)18-32-17-22(21-14-25(39-3)30-26(15-21)40-19-41-30)29(31(37)38)24(32)10-12-33-23-9-7-6-8-20(23)16-27(33)35/h6-9,14-15,22,24,29H,4-5,10-13,16-19H2,1-3H3,(H,37,38)/t22-,24+,29-/m1/s1. The molecule has 11 heteroatoms. The van der Waals surface area contributed by atoms with Crippen LogP contribution in [0.3, 0.4) is 0 Å². The van der Waals surface area contributed by atoms with E-state index in [0.717, 1.165) is 29.7 Å². The molecule has 1 fully saturated rings. The van der Waals surface area contributed by atoms with E-state index in [2.05, 4.69) is 0 Å². The summed E-state index contributed by atoms with van der Waals surface area (Å²) in [6, 6.07) is 10.8. The topological polar surface area (TPSA) is 118 Å². The molecule has 0 saturated carbocycles. The van der Waals surface area contributed by atoms with E-state index in [1.165, 1.54) is 12.2 Å². The molecule has 1 N–H and O–H groups in total. The van der Waals surface area contributed by atoms with Gasteiger partial charge in [-0.05, 0) is 48.6 Å². The second-order valence-corrected chi connectivity index (χ2v) is 10.9. The summed E-state index contributed by atoms with van der Waals surface area (Å²) in [5.41, 5.74) is 2.55. The molecule has 3 aliphatic rings. The molecular weight excluding hydrogens is 542 g/mol. The maximum atomic E-state index is 13.5. The fourth-order valence-electron chi connectivity index (χ4n) is 6.30. The molecule has 0 bridgehead atoms. The Kier molecular flexibility index (Phi) is 9.18. The molecule has 2 aromatic rings. The van der Waals surface area contributed by atoms with E-state index in [-0.39, 0.29) is 25.2 Å². The van der Waals surface area contributed by atoms with Gasteiger partial charge in [0, 0.05) is 37.3 Å². The number of hydroxylamine groups is 2. The van der Waals surface area contributed by atoms with Crippen molar-refractivity contribution in [3.05, 3.63) is 47.5 Å². The summed E-state index contributed by atoms with van der Waals surface area (Å²) in [4.78, 5) is 48.7. The fraction of sp³-hybridized carbons (Fsp3) is 0.516. The lowest BCUT2D eigenvalue weighted by Crippen LogP contribution is -2.45. The summed E-state index contributed by atoms with van der Waals surface area (Å²) in [6.45, 7) is 5.55. The summed E-state index contributed by atoms with van der Waals surface area (Å²) >= 11 is 0. The number of fused-ring (bicyclic) bond motifs is 2. The first-order valence-corrected chi connectivity index (χ1v) is 14.6. The van der Waals surface area contributed by atoms with E-state index in [1.807, 2.05) is 49.1 Å². The Morgan fingerprint density at radius 3 is 2.69 bits per heavy atom. The van der Waals surface area contributed by atoms with E-state index in [1.54, 1.807) is 11.0 Å². The third kappa shape index (κ3) is 5.89. The molecule has 0 unspecified atom stereocenters. The number of methoxy groups -OCH3 is 1. The number of hydrogen-bond donors (Lipinski definition) is 1. The molecular formula is C31H39N3O8. The Labute approximate surface area is 245 Å². The maximum absolute atomic E-state index is 13.5. The highest BCUT2D eigenvalue weighted by Crippen LogP contribution is 2.47. The van der Waals surface area contributed by atoms with Crippen LogP contribution in [0.4, 0.5) is 5.69 Å². The average Bonchev–Trinajstić information content (AvgIpc) is 3.68. The molecule has 0 radical (unpaired) electrons. The van der Waals surface area contributed by atoms with Crippen molar-refractivity contribution < 1.29 is 38.5 Å². The SMILES string of the molecule is CCCON(CCC)C(=O)CN1C[C@H](c2cc(OC)c3c(c2)OCO3)[C@@H](C(=O)O)[C@@H]1CCN1C(=O)Cc2ccccc21. The lowest BCUT2D eigenvalue weighted by molar-refractivity contribution is -0.188. The van der Waals surface area contributed by atoms with Gasteiger partial charge in [-0.2, -0.15) is 0 Å². The number of likely N-dealkylation sites (tertiary alicyclic amines) is 1. The van der Waals surface area contributed by atoms with E-state index < -0.39 is 23.8 Å². The number of nitrogens with zero attached hydrogens (tertiary/aromatic N) is 3. The second-order valence-electron chi connectivity index (χ2n) is 10.9. The smallest absolute Gasteiger partial charge is 0.308 e. The third-order valence-electron chi connectivity index (χ3n) is 8.21. The minimum absolute atomic E-state index is 0.000874. The molecule has 2 amide bonds. The van der Waals surface area contributed by atoms with Crippen LogP contribution in [0.15, 0.2) is 36.4 Å². The quantitative estimate of drug-likeness (QED) is 0.355. The maximum Gasteiger partial charge on any atom is 0.308 e. The minimum atomic E-state index is -0.961. The molecule has 3 aliphatic heterocycles. The fourth-order valence-corrected chi connectivity index (χ4v) is 6.30. The molecule has 42 heavy (non-hydrogen) atoms. The number of carbonyl (C=O) groups is 3. The lowest BCUT2D eigenvalue weighted by atomic mass is 9.84. The van der Waals surface area contributed by atoms with Crippen molar-refractivity contribution in [3.63, 3.8) is 0 Å². The summed E-state index contributed by atoms with van der Waals surface area (Å²) in [7, 11) is 1.53. The summed E-state index contributed by atoms with van der Waals surface area (Å²) in [6.07, 6.45) is 2.20. The monoisotopic (exact) mass is 581 g/mol. The molecule has 0 aliphatic carbocycles. The Morgan fingerprint density at radius 2 is 1.95 bits per heavy atom. The van der Waals surface area contributed by atoms with Crippen molar-refractivity contribution in [2.45, 2.75) is 51.5 Å². The van der Waals surface area contributed by atoms with Crippen LogP contribution < -0.4 is 19.1 Å². The summed E-state index contributed by atoms with van der Waals surface area (Å²) < 4.78 is 16.7. The number of benzene rings is 2. The zero-order valence-electron chi connectivity index (χ0n) is 24.4. The molecule has 0 aromatic heterocycles. The lowest BCUT2D eigenvalue weighted by Gasteiger charge is -2.30. The van der Waals surface area contributed by atoms with Gasteiger partial charge in [0.1, 0.15) is 0 Å². The third-order valence-corrected chi connectivity index (χ3v) is 8.21. The number of ether oxygens (including phenoxy) is 3. The Balaban J connectivity index is 1.45. The van der Waals surface area contributed by atoms with Crippen molar-refractivity contribution in [3.8, 4) is 17.2 Å². The van der Waals surface area contributed by atoms with Crippen LogP contribution in [0.1, 0.15) is 50.2 Å². The number of rotatable bonds is 13. The Hall–Kier alpha value is -3.83. The van der Waals surface area contributed by atoms with Gasteiger partial charge in [-0.25, -0.2) is 5.06 Å². The van der Waals surface area contributed by atoms with Crippen LogP contribution in [0, 0.1) is 5.92 Å². The molecule has 1 saturated heterocycles. The molecule has 0 spiro atoms. The zero-order chi connectivity index (χ0) is 29.8. The average molecular weight is 582 g/mol. The predicted octanol–water partition coefficient (Wildman–Crippen LogP) is 3.45. The number of hydrogen-bond acceptors (Lipinski definition) is 8. The van der Waals surface area contributed by atoms with Gasteiger partial charge in [0.15, 0.2) is 11.5 Å². The van der Waals surface area contributed by atoms with E-state index in [4.69, 9.17) is 19.0 Å². The van der Waals surface area contributed by atoms with Gasteiger partial charge in [0.2, 0.25) is 18.4 Å². The molecule has 226 valence electrons. The van der Waals surface area contributed by atoms with E-state index >= 15 is 0 Å². The van der Waals surface area contributed by atoms with Crippen LogP contribution in [0.2, 0.25) is 0 Å². The molecule has 5 rings (SSSR count). The highest BCUT2D eigenvalue weighted by Gasteiger charge is 2.48. The van der Waals surface area contributed by atoms with Gasteiger partial charge in [-0.3, -0.25) is 24.1 Å². The number of aliphatic carboxylic acids is 1. The van der Waals surface area contributed by atoms with Crippen molar-refractivity contribution in [2.75, 3.05) is 51.6 Å². The minimum Gasteiger partial charge on any atom is -0.493 e. The van der Waals surface area contributed by atoms with Crippen molar-refractivity contribution in [2.24, 2.45) is 5.92 Å². The molecule has 3 atom stereocenters. The van der Waals surface area contributed by atoms with Crippen LogP contribution in [-0.4, -0.2) is 85.6 Å². The van der Waals surface area contributed by atoms with Gasteiger partial charge >= 0.3 is 5.97 Å². The number of carbonyl (C=O) groups excluding carboxylic acids is 2. The van der Waals surface area contributed by atoms with Crippen LogP contribution in [-0.2, 0) is 25.6 Å². The first-order chi connectivity index (χ1) is 20.4. The normalized spacial score (nSPS) is 21.1. The van der Waals surface area contributed by atoms with Gasteiger partial charge in [0.25, 0.3) is 5.91 Å². The highest BCUT2D eigenvalue weighted by molar-refractivity contribution is 6.01. The molecule has 11 nitrogen and oxygen atoms in total. The Morgan fingerprint density at radius 1 is 1.14 bits per heavy atom. The number of carboxylic acid groups (broad SMARTS) is 1. The summed E-state index contributed by atoms with van der Waals surface area (Å²) in [5.74, 6) is -1.03. The summed E-state index contributed by atoms with van der Waals surface area (Å²) in [5, 5.41) is 12.0. The first-order valence-electron chi connectivity index (χ1n) is 14.6. The second kappa shape index (κ2) is 13.0. The van der Waals surface area contributed by atoms with E-state index in [0.29, 0.717) is 56.3 Å². The van der Waals surface area contributed by atoms with Crippen LogP contribution in [0.5, 0.6) is 17.2 Å². The number of amides is 2. The number of anilines is 1. The molecule has 2 aromatic carbocycles. The van der Waals surface area contributed by atoms with Gasteiger partial charge < -0.3 is 24.2 Å². The van der Waals surface area contributed by atoms with Crippen molar-refractivity contribution in [1.82, 2.24) is 9.96 Å². The largest absolute Gasteiger partial charge is 0.493 e. The van der Waals surface area contributed by atoms with Gasteiger partial charge in [-0.15, -0.1) is 0 Å². The highest BCUT2D eigenvalue weighted by atomic mass is 16.7. The zero-order valence-corrected chi connectivity index (χ0v) is 24.4. The number of carboxylic acids is 1. The first kappa shape index (κ1) is 29.7. The van der Waals surface area contributed by atoms with E-state index in [9.17, 15) is 19.5 Å². The van der Waals surface area contributed by atoms with Gasteiger partial charge in [0.05, 0.1) is 32.6 Å². The Bertz CT molecular complexity index is 1320. The van der Waals surface area contributed by atoms with Crippen LogP contribution in [0.25, 0.3) is 0 Å². The van der Waals surface area contributed by atoms with Gasteiger partial charge in [-0.1, -0.05) is 32.0 Å². The van der Waals surface area contributed by atoms with Crippen LogP contribution >= 0.6 is 0 Å². The predicted molar refractivity (Wildman–Crippen MR) is 154 cm³/mol. The van der Waals surface area contributed by atoms with Crippen molar-refractivity contribution >= 4 is 23.5 Å². The van der Waals surface area contributed by atoms with Crippen molar-refractivity contribution in [1.29, 1.82) is 0 Å².